The molecule has 24 heavy (non-hydrogen) atoms. The van der Waals surface area contributed by atoms with Crippen LogP contribution in [0.3, 0.4) is 0 Å². The molecule has 1 aromatic heterocycles. The molecule has 4 nitrogen and oxygen atoms in total. The first-order valence-electron chi connectivity index (χ1n) is 8.98. The van der Waals surface area contributed by atoms with E-state index in [1.54, 1.807) is 0 Å². The van der Waals surface area contributed by atoms with Gasteiger partial charge in [0.2, 0.25) is 0 Å². The number of benzene rings is 1. The van der Waals surface area contributed by atoms with Crippen LogP contribution in [0.15, 0.2) is 16.5 Å². The molecule has 0 aliphatic carbocycles. The molecule has 4 heteroatoms. The molecule has 0 spiro atoms. The van der Waals surface area contributed by atoms with Crippen molar-refractivity contribution in [1.29, 1.82) is 0 Å². The summed E-state index contributed by atoms with van der Waals surface area (Å²) in [5.74, 6) is 0.532. The van der Waals surface area contributed by atoms with Crippen molar-refractivity contribution in [2.75, 3.05) is 7.05 Å². The van der Waals surface area contributed by atoms with Crippen LogP contribution < -0.4 is 5.32 Å². The van der Waals surface area contributed by atoms with Gasteiger partial charge in [-0.25, -0.2) is 0 Å². The Bertz CT molecular complexity index is 796. The summed E-state index contributed by atoms with van der Waals surface area (Å²) >= 11 is 0. The number of fused-ring (bicyclic) bond motifs is 3. The highest BCUT2D eigenvalue weighted by Crippen LogP contribution is 2.33. The van der Waals surface area contributed by atoms with Crippen LogP contribution in [0.2, 0.25) is 0 Å². The van der Waals surface area contributed by atoms with E-state index in [0.29, 0.717) is 23.9 Å². The van der Waals surface area contributed by atoms with Crippen LogP contribution in [-0.4, -0.2) is 36.0 Å². The predicted octanol–water partition coefficient (Wildman–Crippen LogP) is 3.71. The van der Waals surface area contributed by atoms with Gasteiger partial charge in [-0.1, -0.05) is 12.1 Å². The van der Waals surface area contributed by atoms with Crippen LogP contribution in [0.1, 0.15) is 52.9 Å². The van der Waals surface area contributed by atoms with Crippen molar-refractivity contribution in [2.24, 2.45) is 0 Å². The summed E-state index contributed by atoms with van der Waals surface area (Å²) in [4.78, 5) is 15.0. The van der Waals surface area contributed by atoms with Gasteiger partial charge in [0.05, 0.1) is 0 Å². The second-order valence-corrected chi connectivity index (χ2v) is 7.64. The molecule has 4 rings (SSSR count). The van der Waals surface area contributed by atoms with Crippen molar-refractivity contribution in [3.63, 3.8) is 0 Å². The lowest BCUT2D eigenvalue weighted by atomic mass is 9.98. The highest BCUT2D eigenvalue weighted by molar-refractivity contribution is 6.00. The van der Waals surface area contributed by atoms with Crippen molar-refractivity contribution < 1.29 is 9.21 Å². The second-order valence-electron chi connectivity index (χ2n) is 7.64. The summed E-state index contributed by atoms with van der Waals surface area (Å²) in [6.07, 6.45) is 4.59. The summed E-state index contributed by atoms with van der Waals surface area (Å²) in [6.45, 7) is 6.12. The van der Waals surface area contributed by atoms with Gasteiger partial charge in [-0.3, -0.25) is 4.79 Å². The molecule has 2 aliphatic rings. The lowest BCUT2D eigenvalue weighted by Crippen LogP contribution is -2.48. The third kappa shape index (κ3) is 2.35. The van der Waals surface area contributed by atoms with Gasteiger partial charge in [-0.05, 0) is 57.6 Å². The van der Waals surface area contributed by atoms with Crippen LogP contribution >= 0.6 is 0 Å². The highest BCUT2D eigenvalue weighted by atomic mass is 16.3. The largest absolute Gasteiger partial charge is 0.450 e. The van der Waals surface area contributed by atoms with Crippen LogP contribution in [0.5, 0.6) is 0 Å². The normalized spacial score (nSPS) is 26.1. The Morgan fingerprint density at radius 2 is 1.75 bits per heavy atom. The second kappa shape index (κ2) is 5.62. The molecule has 2 aliphatic heterocycles. The summed E-state index contributed by atoms with van der Waals surface area (Å²) < 4.78 is 6.05. The topological polar surface area (TPSA) is 45.5 Å². The zero-order valence-electron chi connectivity index (χ0n) is 15.0. The Balaban J connectivity index is 1.67. The minimum atomic E-state index is 0.0220. The molecule has 2 saturated heterocycles. The number of nitrogens with zero attached hydrogens (tertiary/aromatic N) is 1. The predicted molar refractivity (Wildman–Crippen MR) is 95.5 cm³/mol. The van der Waals surface area contributed by atoms with E-state index in [4.69, 9.17) is 4.42 Å². The van der Waals surface area contributed by atoms with Crippen molar-refractivity contribution >= 4 is 16.9 Å². The molecule has 2 bridgehead atoms. The number of hydrogen-bond donors (Lipinski definition) is 1. The van der Waals surface area contributed by atoms with Crippen LogP contribution in [0.25, 0.3) is 11.0 Å². The molecule has 2 aromatic rings. The molecular weight excluding hydrogens is 300 g/mol. The third-order valence-corrected chi connectivity index (χ3v) is 5.99. The maximum absolute atomic E-state index is 13.1. The van der Waals surface area contributed by atoms with Gasteiger partial charge in [-0.15, -0.1) is 0 Å². The lowest BCUT2D eigenvalue weighted by Gasteiger charge is -2.35. The van der Waals surface area contributed by atoms with Gasteiger partial charge in [0.1, 0.15) is 5.58 Å². The number of rotatable bonds is 2. The maximum Gasteiger partial charge on any atom is 0.289 e. The Hall–Kier alpha value is -1.81. The average Bonchev–Trinajstić information content (AvgIpc) is 3.10. The molecule has 1 N–H and O–H groups in total. The minimum Gasteiger partial charge on any atom is -0.450 e. The Morgan fingerprint density at radius 1 is 1.12 bits per heavy atom. The van der Waals surface area contributed by atoms with E-state index in [1.165, 1.54) is 18.4 Å². The zero-order chi connectivity index (χ0) is 17.0. The van der Waals surface area contributed by atoms with Crippen LogP contribution in [-0.2, 0) is 0 Å². The van der Waals surface area contributed by atoms with Gasteiger partial charge >= 0.3 is 0 Å². The number of piperidine rings is 1. The van der Waals surface area contributed by atoms with E-state index in [0.717, 1.165) is 34.9 Å². The molecule has 0 saturated carbocycles. The number of hydrogen-bond acceptors (Lipinski definition) is 3. The van der Waals surface area contributed by atoms with Gasteiger partial charge in [0, 0.05) is 36.1 Å². The average molecular weight is 326 g/mol. The molecule has 3 heterocycles. The summed E-state index contributed by atoms with van der Waals surface area (Å²) in [5.41, 5.74) is 4.08. The SMILES string of the molecule is Cc1ccc(C)c2c(C)c(C(=O)N(C)C3CC4CCC(C3)N4)oc12. The number of nitrogens with one attached hydrogen (secondary N) is 1. The first kappa shape index (κ1) is 15.7. The molecule has 2 unspecified atom stereocenters. The van der Waals surface area contributed by atoms with Gasteiger partial charge in [0.25, 0.3) is 5.91 Å². The third-order valence-electron chi connectivity index (χ3n) is 5.99. The lowest BCUT2D eigenvalue weighted by molar-refractivity contribution is 0.0651. The minimum absolute atomic E-state index is 0.0220. The fourth-order valence-electron chi connectivity index (χ4n) is 4.55. The fraction of sp³-hybridized carbons (Fsp3) is 0.550. The van der Waals surface area contributed by atoms with Crippen molar-refractivity contribution in [2.45, 2.75) is 64.6 Å². The Labute approximate surface area is 143 Å². The van der Waals surface area contributed by atoms with Gasteiger partial charge in [0.15, 0.2) is 5.76 Å². The number of amides is 1. The molecule has 0 radical (unpaired) electrons. The summed E-state index contributed by atoms with van der Waals surface area (Å²) in [6, 6.07) is 5.62. The molecule has 2 fully saturated rings. The van der Waals surface area contributed by atoms with Gasteiger partial charge < -0.3 is 14.6 Å². The van der Waals surface area contributed by atoms with Gasteiger partial charge in [-0.2, -0.15) is 0 Å². The first-order valence-corrected chi connectivity index (χ1v) is 8.98. The molecule has 128 valence electrons. The van der Waals surface area contributed by atoms with Crippen molar-refractivity contribution in [3.8, 4) is 0 Å². The van der Waals surface area contributed by atoms with Crippen LogP contribution in [0, 0.1) is 20.8 Å². The van der Waals surface area contributed by atoms with E-state index in [2.05, 4.69) is 24.4 Å². The molecule has 1 aromatic carbocycles. The summed E-state index contributed by atoms with van der Waals surface area (Å²) in [7, 11) is 1.93. The first-order chi connectivity index (χ1) is 11.5. The van der Waals surface area contributed by atoms with E-state index in [1.807, 2.05) is 25.8 Å². The van der Waals surface area contributed by atoms with Crippen LogP contribution in [0.4, 0.5) is 0 Å². The number of aryl methyl sites for hydroxylation is 3. The highest BCUT2D eigenvalue weighted by Gasteiger charge is 2.37. The number of furan rings is 1. The zero-order valence-corrected chi connectivity index (χ0v) is 15.0. The standard InChI is InChI=1S/C20H26N2O2/c1-11-5-6-12(2)18-17(11)13(3)19(24-18)20(23)22(4)16-9-14-7-8-15(10-16)21-14/h5-6,14-16,21H,7-10H2,1-4H3. The maximum atomic E-state index is 13.1. The smallest absolute Gasteiger partial charge is 0.289 e. The monoisotopic (exact) mass is 326 g/mol. The quantitative estimate of drug-likeness (QED) is 0.915. The Morgan fingerprint density at radius 3 is 2.38 bits per heavy atom. The Kier molecular flexibility index (Phi) is 3.68. The fourth-order valence-corrected chi connectivity index (χ4v) is 4.55. The number of carbonyl (C=O) groups is 1. The van der Waals surface area contributed by atoms with E-state index in [9.17, 15) is 4.79 Å². The van der Waals surface area contributed by atoms with E-state index >= 15 is 0 Å². The van der Waals surface area contributed by atoms with E-state index in [-0.39, 0.29) is 5.91 Å². The summed E-state index contributed by atoms with van der Waals surface area (Å²) in [5, 5.41) is 4.73. The number of carbonyl (C=O) groups excluding carboxylic acids is 1. The van der Waals surface area contributed by atoms with Crippen molar-refractivity contribution in [3.05, 3.63) is 34.6 Å². The molecule has 1 amide bonds. The van der Waals surface area contributed by atoms with E-state index < -0.39 is 0 Å². The van der Waals surface area contributed by atoms with Crippen molar-refractivity contribution in [1.82, 2.24) is 10.2 Å². The molecule has 2 atom stereocenters. The molecular formula is C20H26N2O2.